The van der Waals surface area contributed by atoms with Gasteiger partial charge >= 0.3 is 5.97 Å². The van der Waals surface area contributed by atoms with Crippen LogP contribution in [0.1, 0.15) is 140 Å². The molecule has 0 bridgehead atoms. The van der Waals surface area contributed by atoms with Crippen molar-refractivity contribution in [3.8, 4) is 11.5 Å². The lowest BCUT2D eigenvalue weighted by Crippen LogP contribution is -2.43. The van der Waals surface area contributed by atoms with Crippen molar-refractivity contribution < 1.29 is 14.3 Å². The molecule has 37 heavy (non-hydrogen) atoms. The highest BCUT2D eigenvalue weighted by Crippen LogP contribution is 2.41. The van der Waals surface area contributed by atoms with Crippen LogP contribution in [0.5, 0.6) is 0 Å². The Morgan fingerprint density at radius 1 is 0.757 bits per heavy atom. The quantitative estimate of drug-likeness (QED) is 0.104. The summed E-state index contributed by atoms with van der Waals surface area (Å²) < 4.78 is 6.27. The lowest BCUT2D eigenvalue weighted by Gasteiger charge is -2.38. The van der Waals surface area contributed by atoms with E-state index in [9.17, 15) is 9.90 Å². The highest BCUT2D eigenvalue weighted by molar-refractivity contribution is 6.90. The molecule has 0 saturated carbocycles. The first-order valence-electron chi connectivity index (χ1n) is 15.3. The lowest BCUT2D eigenvalue weighted by atomic mass is 9.82. The van der Waals surface area contributed by atoms with Crippen molar-refractivity contribution in [2.75, 3.05) is 6.61 Å². The number of carbonyl (C=O) groups is 1. The smallest absolute Gasteiger partial charge is 0.310 e. The van der Waals surface area contributed by atoms with Gasteiger partial charge in [-0.25, -0.2) is 0 Å². The van der Waals surface area contributed by atoms with E-state index < -0.39 is 27.8 Å². The maximum Gasteiger partial charge on any atom is 0.310 e. The molecule has 0 aromatic rings. The van der Waals surface area contributed by atoms with Crippen molar-refractivity contribution in [2.45, 2.75) is 175 Å². The molecule has 0 rings (SSSR count). The maximum atomic E-state index is 12.1. The molecule has 1 N–H and O–H groups in total. The monoisotopic (exact) mass is 552 g/mol. The fourth-order valence-electron chi connectivity index (χ4n) is 5.49. The standard InChI is InChI=1S/C32H64O3Si2/c1-27(2)37(28(3)4,29(5)6)26-22-24-32(10,30(33)34)23-20-18-16-14-13-15-17-19-21-25-35-36(11,12)31(7,8)9/h27-29H,13-21,23-25H2,1-12H3,(H,33,34). The topological polar surface area (TPSA) is 46.5 Å². The van der Waals surface area contributed by atoms with Gasteiger partial charge in [0.25, 0.3) is 0 Å². The largest absolute Gasteiger partial charge is 0.481 e. The van der Waals surface area contributed by atoms with E-state index in [1.54, 1.807) is 0 Å². The minimum atomic E-state index is -1.81. The van der Waals surface area contributed by atoms with E-state index in [2.05, 4.69) is 86.9 Å². The summed E-state index contributed by atoms with van der Waals surface area (Å²) >= 11 is 0. The molecule has 0 spiro atoms. The first-order chi connectivity index (χ1) is 16.9. The van der Waals surface area contributed by atoms with E-state index in [1.807, 2.05) is 6.92 Å². The SMILES string of the molecule is CC(C)[Si](C#CCC(C)(CCCCCCCCCCCO[Si](C)(C)C(C)(C)C)C(=O)O)(C(C)C)C(C)C. The van der Waals surface area contributed by atoms with Crippen LogP contribution >= 0.6 is 0 Å². The summed E-state index contributed by atoms with van der Waals surface area (Å²) in [6, 6.07) is 0. The van der Waals surface area contributed by atoms with Gasteiger partial charge in [0.05, 0.1) is 5.41 Å². The molecule has 0 radical (unpaired) electrons. The Bertz CT molecular complexity index is 688. The molecule has 0 aliphatic rings. The second-order valence-corrected chi connectivity index (χ2v) is 24.7. The minimum Gasteiger partial charge on any atom is -0.481 e. The zero-order chi connectivity index (χ0) is 28.9. The zero-order valence-electron chi connectivity index (χ0n) is 27.0. The van der Waals surface area contributed by atoms with E-state index >= 15 is 0 Å². The molecule has 0 aromatic heterocycles. The third-order valence-corrected chi connectivity index (χ3v) is 20.2. The molecule has 0 amide bonds. The molecule has 0 aromatic carbocycles. The average molecular weight is 553 g/mol. The van der Waals surface area contributed by atoms with Crippen molar-refractivity contribution in [3.05, 3.63) is 0 Å². The van der Waals surface area contributed by atoms with Gasteiger partial charge in [-0.15, -0.1) is 11.5 Å². The summed E-state index contributed by atoms with van der Waals surface area (Å²) in [7, 11) is -3.40. The van der Waals surface area contributed by atoms with Crippen molar-refractivity contribution in [2.24, 2.45) is 5.41 Å². The van der Waals surface area contributed by atoms with Crippen LogP contribution < -0.4 is 0 Å². The summed E-state index contributed by atoms with van der Waals surface area (Å²) in [6.07, 6.45) is 12.1. The fraction of sp³-hybridized carbons (Fsp3) is 0.906. The molecule has 0 aliphatic heterocycles. The normalized spacial score (nSPS) is 14.7. The van der Waals surface area contributed by atoms with Crippen LogP contribution in [0, 0.1) is 16.9 Å². The summed E-state index contributed by atoms with van der Waals surface area (Å²) in [5, 5.41) is 10.3. The second-order valence-electron chi connectivity index (χ2n) is 14.3. The Balaban J connectivity index is 4.34. The van der Waals surface area contributed by atoms with Crippen LogP contribution in [0.3, 0.4) is 0 Å². The van der Waals surface area contributed by atoms with E-state index in [-0.39, 0.29) is 0 Å². The molecule has 3 nitrogen and oxygen atoms in total. The van der Waals surface area contributed by atoms with Gasteiger partial charge in [-0.2, -0.15) is 0 Å². The molecule has 0 fully saturated rings. The zero-order valence-corrected chi connectivity index (χ0v) is 29.0. The van der Waals surface area contributed by atoms with E-state index in [0.29, 0.717) is 28.1 Å². The van der Waals surface area contributed by atoms with Gasteiger partial charge in [-0.1, -0.05) is 114 Å². The first-order valence-corrected chi connectivity index (χ1v) is 20.5. The molecule has 0 aliphatic carbocycles. The fourth-order valence-corrected chi connectivity index (χ4v) is 11.8. The molecule has 0 heterocycles. The molecule has 218 valence electrons. The van der Waals surface area contributed by atoms with Gasteiger partial charge in [0.15, 0.2) is 8.32 Å². The number of hydrogen-bond acceptors (Lipinski definition) is 2. The summed E-state index contributed by atoms with van der Waals surface area (Å²) in [5.74, 6) is 2.73. The number of hydrogen-bond donors (Lipinski definition) is 1. The van der Waals surface area contributed by atoms with Gasteiger partial charge in [-0.3, -0.25) is 4.79 Å². The Labute approximate surface area is 234 Å². The molecule has 5 heteroatoms. The molecule has 1 atom stereocenters. The maximum absolute atomic E-state index is 12.1. The van der Waals surface area contributed by atoms with Gasteiger partial charge in [0, 0.05) is 13.0 Å². The van der Waals surface area contributed by atoms with E-state index in [1.165, 1.54) is 44.9 Å². The Morgan fingerprint density at radius 3 is 1.54 bits per heavy atom. The Morgan fingerprint density at radius 2 is 1.16 bits per heavy atom. The molecular formula is C32H64O3Si2. The van der Waals surface area contributed by atoms with E-state index in [0.717, 1.165) is 25.9 Å². The van der Waals surface area contributed by atoms with Gasteiger partial charge in [0.1, 0.15) is 8.07 Å². The van der Waals surface area contributed by atoms with Gasteiger partial charge < -0.3 is 9.53 Å². The molecule has 1 unspecified atom stereocenters. The van der Waals surface area contributed by atoms with Crippen LogP contribution in [-0.2, 0) is 9.22 Å². The third-order valence-electron chi connectivity index (χ3n) is 9.31. The Kier molecular flexibility index (Phi) is 16.3. The van der Waals surface area contributed by atoms with Crippen molar-refractivity contribution >= 4 is 22.4 Å². The lowest BCUT2D eigenvalue weighted by molar-refractivity contribution is -0.148. The van der Waals surface area contributed by atoms with Crippen molar-refractivity contribution in [1.29, 1.82) is 0 Å². The van der Waals surface area contributed by atoms with Crippen molar-refractivity contribution in [3.63, 3.8) is 0 Å². The second kappa shape index (κ2) is 16.5. The summed E-state index contributed by atoms with van der Waals surface area (Å²) in [6.45, 7) is 28.2. The Hall–Kier alpha value is -0.576. The van der Waals surface area contributed by atoms with Crippen LogP contribution in [-0.4, -0.2) is 34.1 Å². The van der Waals surface area contributed by atoms with Crippen molar-refractivity contribution in [1.82, 2.24) is 0 Å². The number of carboxylic acid groups (broad SMARTS) is 1. The van der Waals surface area contributed by atoms with Crippen LogP contribution in [0.4, 0.5) is 0 Å². The minimum absolute atomic E-state index is 0.297. The highest BCUT2D eigenvalue weighted by Gasteiger charge is 2.42. The van der Waals surface area contributed by atoms with Gasteiger partial charge in [0.2, 0.25) is 0 Å². The number of carboxylic acids is 1. The first kappa shape index (κ1) is 36.4. The van der Waals surface area contributed by atoms with Crippen LogP contribution in [0.2, 0.25) is 34.8 Å². The average Bonchev–Trinajstić information content (AvgIpc) is 2.75. The summed E-state index contributed by atoms with van der Waals surface area (Å²) in [4.78, 5) is 12.1. The predicted molar refractivity (Wildman–Crippen MR) is 169 cm³/mol. The number of aliphatic carboxylic acids is 1. The van der Waals surface area contributed by atoms with Crippen LogP contribution in [0.15, 0.2) is 0 Å². The number of rotatable bonds is 18. The van der Waals surface area contributed by atoms with Crippen LogP contribution in [0.25, 0.3) is 0 Å². The predicted octanol–water partition coefficient (Wildman–Crippen LogP) is 10.6. The molecular weight excluding hydrogens is 489 g/mol. The molecule has 0 saturated heterocycles. The highest BCUT2D eigenvalue weighted by atomic mass is 28.4. The van der Waals surface area contributed by atoms with Gasteiger partial charge in [-0.05, 0) is 54.5 Å². The summed E-state index contributed by atoms with van der Waals surface area (Å²) in [5.41, 5.74) is 4.71. The number of unbranched alkanes of at least 4 members (excludes halogenated alkanes) is 8. The third kappa shape index (κ3) is 12.0. The van der Waals surface area contributed by atoms with E-state index in [4.69, 9.17) is 4.43 Å².